The van der Waals surface area contributed by atoms with Crippen LogP contribution < -0.4 is 5.32 Å². The van der Waals surface area contributed by atoms with Crippen molar-refractivity contribution in [3.05, 3.63) is 28.3 Å². The highest BCUT2D eigenvalue weighted by atomic mass is 79.9. The number of carbonyl (C=O) groups is 2. The molecule has 1 aliphatic heterocycles. The lowest BCUT2D eigenvalue weighted by Gasteiger charge is -2.08. The molecule has 0 spiro atoms. The first kappa shape index (κ1) is 11.9. The molecule has 0 aliphatic carbocycles. The molecule has 0 saturated carbocycles. The summed E-state index contributed by atoms with van der Waals surface area (Å²) in [6, 6.07) is 3.05. The summed E-state index contributed by atoms with van der Waals surface area (Å²) < 4.78 is 5.82. The van der Waals surface area contributed by atoms with Crippen LogP contribution in [-0.4, -0.2) is 23.4 Å². The Hall–Kier alpha value is -1.56. The van der Waals surface area contributed by atoms with Crippen LogP contribution in [0.4, 0.5) is 4.79 Å². The molecule has 0 aromatic carbocycles. The van der Waals surface area contributed by atoms with E-state index in [2.05, 4.69) is 21.2 Å². The molecule has 1 saturated heterocycles. The average Bonchev–Trinajstić information content (AvgIpc) is 2.79. The van der Waals surface area contributed by atoms with Crippen LogP contribution in [0, 0.1) is 0 Å². The Morgan fingerprint density at radius 1 is 1.47 bits per heavy atom. The van der Waals surface area contributed by atoms with Gasteiger partial charge >= 0.3 is 6.03 Å². The second-order valence-electron chi connectivity index (χ2n) is 3.59. The summed E-state index contributed by atoms with van der Waals surface area (Å²) in [5.41, 5.74) is 0.241. The van der Waals surface area contributed by atoms with Crippen molar-refractivity contribution in [3.8, 4) is 0 Å². The predicted molar refractivity (Wildman–Crippen MR) is 64.9 cm³/mol. The molecule has 90 valence electrons. The average molecular weight is 299 g/mol. The van der Waals surface area contributed by atoms with Crippen molar-refractivity contribution >= 4 is 33.9 Å². The normalized spacial score (nSPS) is 18.0. The molecule has 1 fully saturated rings. The maximum atomic E-state index is 11.8. The third kappa shape index (κ3) is 2.41. The quantitative estimate of drug-likeness (QED) is 0.688. The molecule has 1 aliphatic rings. The van der Waals surface area contributed by atoms with Crippen LogP contribution in [0.1, 0.15) is 19.1 Å². The van der Waals surface area contributed by atoms with Gasteiger partial charge in [-0.2, -0.15) is 0 Å². The summed E-state index contributed by atoms with van der Waals surface area (Å²) >= 11 is 3.17. The van der Waals surface area contributed by atoms with E-state index in [-0.39, 0.29) is 17.6 Å². The molecule has 2 rings (SSSR count). The highest BCUT2D eigenvalue weighted by Crippen LogP contribution is 2.18. The van der Waals surface area contributed by atoms with Crippen molar-refractivity contribution in [2.24, 2.45) is 0 Å². The van der Waals surface area contributed by atoms with Crippen LogP contribution in [0.2, 0.25) is 0 Å². The third-order valence-corrected chi connectivity index (χ3v) is 2.72. The maximum Gasteiger partial charge on any atom is 0.329 e. The van der Waals surface area contributed by atoms with Gasteiger partial charge < -0.3 is 9.73 Å². The Balaban J connectivity index is 2.21. The van der Waals surface area contributed by atoms with E-state index in [0.717, 1.165) is 6.42 Å². The van der Waals surface area contributed by atoms with Crippen LogP contribution in [0.15, 0.2) is 26.9 Å². The molecule has 5 nitrogen and oxygen atoms in total. The fourth-order valence-electron chi connectivity index (χ4n) is 1.55. The van der Waals surface area contributed by atoms with Crippen molar-refractivity contribution in [1.82, 2.24) is 10.2 Å². The standard InChI is InChI=1S/C11H11BrN2O3/c1-2-5-14-10(15)8(13-11(14)16)6-7-3-4-9(12)17-7/h3-4,6H,2,5H2,1H3,(H,13,16)/b8-6+. The van der Waals surface area contributed by atoms with Crippen LogP contribution in [-0.2, 0) is 4.79 Å². The fourth-order valence-corrected chi connectivity index (χ4v) is 1.87. The lowest BCUT2D eigenvalue weighted by molar-refractivity contribution is -0.122. The smallest absolute Gasteiger partial charge is 0.329 e. The van der Waals surface area contributed by atoms with Crippen molar-refractivity contribution in [1.29, 1.82) is 0 Å². The highest BCUT2D eigenvalue weighted by molar-refractivity contribution is 9.10. The number of nitrogens with one attached hydrogen (secondary N) is 1. The lowest BCUT2D eigenvalue weighted by Crippen LogP contribution is -2.31. The molecular formula is C11H11BrN2O3. The fraction of sp³-hybridized carbons (Fsp3) is 0.273. The van der Waals surface area contributed by atoms with E-state index in [1.807, 2.05) is 6.92 Å². The molecule has 0 unspecified atom stereocenters. The van der Waals surface area contributed by atoms with E-state index in [1.165, 1.54) is 11.0 Å². The minimum Gasteiger partial charge on any atom is -0.450 e. The summed E-state index contributed by atoms with van der Waals surface area (Å²) in [7, 11) is 0. The minimum atomic E-state index is -0.381. The highest BCUT2D eigenvalue weighted by Gasteiger charge is 2.32. The van der Waals surface area contributed by atoms with E-state index >= 15 is 0 Å². The lowest BCUT2D eigenvalue weighted by atomic mass is 10.3. The molecule has 17 heavy (non-hydrogen) atoms. The van der Waals surface area contributed by atoms with Gasteiger partial charge in [-0.3, -0.25) is 9.69 Å². The first-order chi connectivity index (χ1) is 8.11. The van der Waals surface area contributed by atoms with E-state index in [9.17, 15) is 9.59 Å². The number of halogens is 1. The number of rotatable bonds is 3. The zero-order chi connectivity index (χ0) is 12.4. The van der Waals surface area contributed by atoms with Crippen molar-refractivity contribution in [3.63, 3.8) is 0 Å². The van der Waals surface area contributed by atoms with Gasteiger partial charge in [-0.15, -0.1) is 0 Å². The molecule has 3 amide bonds. The largest absolute Gasteiger partial charge is 0.450 e. The first-order valence-corrected chi connectivity index (χ1v) is 6.01. The number of carbonyl (C=O) groups excluding carboxylic acids is 2. The van der Waals surface area contributed by atoms with Gasteiger partial charge in [0.2, 0.25) is 0 Å². The first-order valence-electron chi connectivity index (χ1n) is 5.21. The Bertz CT molecular complexity index is 493. The number of urea groups is 1. The Morgan fingerprint density at radius 2 is 2.24 bits per heavy atom. The summed E-state index contributed by atoms with van der Waals surface area (Å²) in [6.45, 7) is 2.33. The van der Waals surface area contributed by atoms with Gasteiger partial charge in [0.15, 0.2) is 4.67 Å². The number of imide groups is 1. The zero-order valence-electron chi connectivity index (χ0n) is 9.20. The summed E-state index contributed by atoms with van der Waals surface area (Å²) in [5, 5.41) is 2.52. The number of hydrogen-bond acceptors (Lipinski definition) is 3. The molecule has 1 N–H and O–H groups in total. The summed E-state index contributed by atoms with van der Waals surface area (Å²) in [6.07, 6.45) is 2.25. The Kier molecular flexibility index (Phi) is 3.33. The summed E-state index contributed by atoms with van der Waals surface area (Å²) in [5.74, 6) is 0.197. The number of hydrogen-bond donors (Lipinski definition) is 1. The topological polar surface area (TPSA) is 62.6 Å². The van der Waals surface area contributed by atoms with Crippen molar-refractivity contribution < 1.29 is 14.0 Å². The van der Waals surface area contributed by atoms with Crippen LogP contribution in [0.5, 0.6) is 0 Å². The Morgan fingerprint density at radius 3 is 2.82 bits per heavy atom. The van der Waals surface area contributed by atoms with E-state index < -0.39 is 0 Å². The van der Waals surface area contributed by atoms with Crippen LogP contribution in [0.3, 0.4) is 0 Å². The van der Waals surface area contributed by atoms with E-state index in [1.54, 1.807) is 12.1 Å². The molecule has 1 aromatic rings. The number of furan rings is 1. The molecule has 0 radical (unpaired) electrons. The van der Waals surface area contributed by atoms with Gasteiger partial charge in [0, 0.05) is 12.6 Å². The predicted octanol–water partition coefficient (Wildman–Crippen LogP) is 2.34. The van der Waals surface area contributed by atoms with E-state index in [4.69, 9.17) is 4.42 Å². The van der Waals surface area contributed by atoms with E-state index in [0.29, 0.717) is 17.0 Å². The van der Waals surface area contributed by atoms with Crippen LogP contribution in [0.25, 0.3) is 6.08 Å². The van der Waals surface area contributed by atoms with Gasteiger partial charge in [0.1, 0.15) is 11.5 Å². The summed E-state index contributed by atoms with van der Waals surface area (Å²) in [4.78, 5) is 24.5. The third-order valence-electron chi connectivity index (χ3n) is 2.29. The molecule has 0 atom stereocenters. The molecular weight excluding hydrogens is 288 g/mol. The van der Waals surface area contributed by atoms with Crippen LogP contribution >= 0.6 is 15.9 Å². The van der Waals surface area contributed by atoms with Gasteiger partial charge in [-0.05, 0) is 34.5 Å². The van der Waals surface area contributed by atoms with Gasteiger partial charge in [-0.1, -0.05) is 6.92 Å². The van der Waals surface area contributed by atoms with Gasteiger partial charge in [-0.25, -0.2) is 4.79 Å². The second kappa shape index (κ2) is 4.75. The van der Waals surface area contributed by atoms with Gasteiger partial charge in [0.05, 0.1) is 0 Å². The molecule has 0 bridgehead atoms. The van der Waals surface area contributed by atoms with Crippen molar-refractivity contribution in [2.45, 2.75) is 13.3 Å². The monoisotopic (exact) mass is 298 g/mol. The van der Waals surface area contributed by atoms with Gasteiger partial charge in [0.25, 0.3) is 5.91 Å². The minimum absolute atomic E-state index is 0.241. The van der Waals surface area contributed by atoms with Crippen molar-refractivity contribution in [2.75, 3.05) is 6.54 Å². The molecule has 2 heterocycles. The second-order valence-corrected chi connectivity index (χ2v) is 4.37. The maximum absolute atomic E-state index is 11.8. The molecule has 6 heteroatoms. The zero-order valence-corrected chi connectivity index (χ0v) is 10.8. The molecule has 1 aromatic heterocycles. The SMILES string of the molecule is CCCN1C(=O)N/C(=C/c2ccc(Br)o2)C1=O. The Labute approximate surface area is 107 Å². The number of amides is 3. The number of nitrogens with zero attached hydrogens (tertiary/aromatic N) is 1.